The summed E-state index contributed by atoms with van der Waals surface area (Å²) in [5, 5.41) is 6.31. The molecule has 1 amide bonds. The first-order valence-corrected chi connectivity index (χ1v) is 11.6. The molecule has 0 aliphatic heterocycles. The molecule has 3 N–H and O–H groups in total. The monoisotopic (exact) mass is 467 g/mol. The number of benzene rings is 1. The molecule has 2 heterocycles. The summed E-state index contributed by atoms with van der Waals surface area (Å²) in [6, 6.07) is 7.41. The SMILES string of the molecule is CONc1nc(N[C@H](CC2CCCCC2)C(=O)NCc2ccc(F)cc2)cc(-n2ccnc2)n1. The van der Waals surface area contributed by atoms with E-state index < -0.39 is 6.04 Å². The highest BCUT2D eigenvalue weighted by Crippen LogP contribution is 2.28. The quantitative estimate of drug-likeness (QED) is 0.389. The van der Waals surface area contributed by atoms with Crippen molar-refractivity contribution in [2.45, 2.75) is 51.1 Å². The summed E-state index contributed by atoms with van der Waals surface area (Å²) >= 11 is 0. The van der Waals surface area contributed by atoms with Gasteiger partial charge < -0.3 is 10.6 Å². The van der Waals surface area contributed by atoms with Crippen molar-refractivity contribution < 1.29 is 14.0 Å². The maximum atomic E-state index is 13.2. The second-order valence-corrected chi connectivity index (χ2v) is 8.49. The molecule has 180 valence electrons. The highest BCUT2D eigenvalue weighted by atomic mass is 19.1. The van der Waals surface area contributed by atoms with E-state index in [1.165, 1.54) is 38.5 Å². The topological polar surface area (TPSA) is 106 Å². The molecule has 1 saturated carbocycles. The molecule has 3 aromatic rings. The van der Waals surface area contributed by atoms with E-state index in [4.69, 9.17) is 4.84 Å². The Morgan fingerprint density at radius 1 is 1.21 bits per heavy atom. The van der Waals surface area contributed by atoms with Crippen LogP contribution in [0.5, 0.6) is 0 Å². The molecule has 0 radical (unpaired) electrons. The number of hydrogen-bond donors (Lipinski definition) is 3. The number of carbonyl (C=O) groups excluding carboxylic acids is 1. The Morgan fingerprint density at radius 2 is 2.00 bits per heavy atom. The van der Waals surface area contributed by atoms with Gasteiger partial charge in [-0.15, -0.1) is 0 Å². The van der Waals surface area contributed by atoms with Gasteiger partial charge in [-0.3, -0.25) is 14.2 Å². The third kappa shape index (κ3) is 6.50. The van der Waals surface area contributed by atoms with Crippen molar-refractivity contribution in [3.63, 3.8) is 0 Å². The van der Waals surface area contributed by atoms with Gasteiger partial charge in [0, 0.05) is 25.0 Å². The summed E-state index contributed by atoms with van der Waals surface area (Å²) < 4.78 is 15.0. The van der Waals surface area contributed by atoms with Crippen LogP contribution in [0.25, 0.3) is 5.82 Å². The third-order valence-electron chi connectivity index (χ3n) is 5.99. The molecule has 1 atom stereocenters. The number of halogens is 1. The van der Waals surface area contributed by atoms with Crippen LogP contribution in [0.2, 0.25) is 0 Å². The summed E-state index contributed by atoms with van der Waals surface area (Å²) in [5.41, 5.74) is 3.49. The molecular weight excluding hydrogens is 437 g/mol. The highest BCUT2D eigenvalue weighted by molar-refractivity contribution is 5.84. The lowest BCUT2D eigenvalue weighted by Gasteiger charge is -2.27. The zero-order chi connectivity index (χ0) is 23.8. The Hall–Kier alpha value is -3.53. The van der Waals surface area contributed by atoms with E-state index in [1.807, 2.05) is 0 Å². The molecule has 0 spiro atoms. The van der Waals surface area contributed by atoms with Crippen LogP contribution in [-0.4, -0.2) is 38.6 Å². The minimum atomic E-state index is -0.482. The summed E-state index contributed by atoms with van der Waals surface area (Å²) in [6.07, 6.45) is 11.6. The van der Waals surface area contributed by atoms with Crippen LogP contribution in [0, 0.1) is 11.7 Å². The largest absolute Gasteiger partial charge is 0.358 e. The van der Waals surface area contributed by atoms with Crippen molar-refractivity contribution in [2.75, 3.05) is 17.9 Å². The fourth-order valence-corrected chi connectivity index (χ4v) is 4.25. The average Bonchev–Trinajstić information content (AvgIpc) is 3.39. The molecular formula is C24H30FN7O2. The fourth-order valence-electron chi connectivity index (χ4n) is 4.25. The summed E-state index contributed by atoms with van der Waals surface area (Å²) in [6.45, 7) is 0.322. The lowest BCUT2D eigenvalue weighted by Crippen LogP contribution is -2.41. The Kier molecular flexibility index (Phi) is 8.03. The molecule has 0 saturated heterocycles. The van der Waals surface area contributed by atoms with Crippen molar-refractivity contribution in [1.29, 1.82) is 0 Å². The van der Waals surface area contributed by atoms with Crippen LogP contribution < -0.4 is 16.1 Å². The number of anilines is 2. The number of imidazole rings is 1. The molecule has 0 bridgehead atoms. The molecule has 10 heteroatoms. The molecule has 9 nitrogen and oxygen atoms in total. The van der Waals surface area contributed by atoms with E-state index in [-0.39, 0.29) is 17.7 Å². The number of nitrogens with one attached hydrogen (secondary N) is 3. The number of rotatable bonds is 10. The van der Waals surface area contributed by atoms with Gasteiger partial charge in [0.25, 0.3) is 5.95 Å². The van der Waals surface area contributed by atoms with Crippen molar-refractivity contribution in [3.05, 3.63) is 60.4 Å². The Morgan fingerprint density at radius 3 is 2.71 bits per heavy atom. The zero-order valence-corrected chi connectivity index (χ0v) is 19.2. The van der Waals surface area contributed by atoms with E-state index in [0.29, 0.717) is 30.5 Å². The van der Waals surface area contributed by atoms with Crippen molar-refractivity contribution in [3.8, 4) is 5.82 Å². The maximum absolute atomic E-state index is 13.2. The Balaban J connectivity index is 1.53. The van der Waals surface area contributed by atoms with Gasteiger partial charge >= 0.3 is 0 Å². The van der Waals surface area contributed by atoms with Gasteiger partial charge in [0.1, 0.15) is 29.8 Å². The molecule has 1 fully saturated rings. The smallest absolute Gasteiger partial charge is 0.251 e. The summed E-state index contributed by atoms with van der Waals surface area (Å²) in [5.74, 6) is 1.38. The lowest BCUT2D eigenvalue weighted by atomic mass is 9.84. The predicted molar refractivity (Wildman–Crippen MR) is 127 cm³/mol. The van der Waals surface area contributed by atoms with Crippen LogP contribution in [0.3, 0.4) is 0 Å². The van der Waals surface area contributed by atoms with E-state index in [2.05, 4.69) is 31.1 Å². The van der Waals surface area contributed by atoms with Crippen molar-refractivity contribution in [1.82, 2.24) is 24.8 Å². The second-order valence-electron chi connectivity index (χ2n) is 8.49. The average molecular weight is 468 g/mol. The first-order valence-electron chi connectivity index (χ1n) is 11.6. The van der Waals surface area contributed by atoms with E-state index >= 15 is 0 Å². The lowest BCUT2D eigenvalue weighted by molar-refractivity contribution is -0.122. The molecule has 34 heavy (non-hydrogen) atoms. The molecule has 2 aromatic heterocycles. The van der Waals surface area contributed by atoms with E-state index in [0.717, 1.165) is 18.4 Å². The minimum Gasteiger partial charge on any atom is -0.358 e. The zero-order valence-electron chi connectivity index (χ0n) is 19.2. The van der Waals surface area contributed by atoms with Gasteiger partial charge in [0.05, 0.1) is 7.11 Å². The number of hydrogen-bond acceptors (Lipinski definition) is 7. The second kappa shape index (κ2) is 11.6. The van der Waals surface area contributed by atoms with Crippen LogP contribution in [0.15, 0.2) is 49.1 Å². The Bertz CT molecular complexity index is 1050. The maximum Gasteiger partial charge on any atom is 0.251 e. The standard InChI is InChI=1S/C24H30FN7O2/c1-34-31-24-29-21(14-22(30-24)32-12-11-26-16-32)28-20(13-17-5-3-2-4-6-17)23(33)27-15-18-7-9-19(25)10-8-18/h7-12,14,16-17,20H,2-6,13,15H2,1H3,(H,27,33)(H2,28,29,30,31)/t20-/m1/s1. The first-order chi connectivity index (χ1) is 16.6. The molecule has 4 rings (SSSR count). The van der Waals surface area contributed by atoms with Crippen LogP contribution in [0.1, 0.15) is 44.1 Å². The fraction of sp³-hybridized carbons (Fsp3) is 0.417. The van der Waals surface area contributed by atoms with Gasteiger partial charge in [-0.2, -0.15) is 9.97 Å². The number of amides is 1. The number of aromatic nitrogens is 4. The van der Waals surface area contributed by atoms with Gasteiger partial charge in [0.15, 0.2) is 0 Å². The summed E-state index contributed by atoms with van der Waals surface area (Å²) in [4.78, 5) is 31.2. The molecule has 1 aromatic carbocycles. The van der Waals surface area contributed by atoms with Crippen LogP contribution >= 0.6 is 0 Å². The third-order valence-corrected chi connectivity index (χ3v) is 5.99. The Labute approximate surface area is 198 Å². The van der Waals surface area contributed by atoms with Crippen LogP contribution in [-0.2, 0) is 16.2 Å². The number of nitrogens with zero attached hydrogens (tertiary/aromatic N) is 4. The molecule has 0 unspecified atom stereocenters. The van der Waals surface area contributed by atoms with Gasteiger partial charge in [-0.05, 0) is 30.0 Å². The highest BCUT2D eigenvalue weighted by Gasteiger charge is 2.25. The summed E-state index contributed by atoms with van der Waals surface area (Å²) in [7, 11) is 1.48. The minimum absolute atomic E-state index is 0.126. The molecule has 1 aliphatic carbocycles. The van der Waals surface area contributed by atoms with Crippen molar-refractivity contribution in [2.24, 2.45) is 5.92 Å². The van der Waals surface area contributed by atoms with E-state index in [9.17, 15) is 9.18 Å². The normalized spacial score (nSPS) is 15.0. The first kappa shape index (κ1) is 23.6. The van der Waals surface area contributed by atoms with Crippen LogP contribution in [0.4, 0.5) is 16.2 Å². The number of carbonyl (C=O) groups is 1. The van der Waals surface area contributed by atoms with Gasteiger partial charge in [0.2, 0.25) is 5.91 Å². The van der Waals surface area contributed by atoms with Gasteiger partial charge in [-0.25, -0.2) is 14.9 Å². The van der Waals surface area contributed by atoms with Gasteiger partial charge in [-0.1, -0.05) is 44.2 Å². The predicted octanol–water partition coefficient (Wildman–Crippen LogP) is 3.84. The molecule has 1 aliphatic rings. The van der Waals surface area contributed by atoms with E-state index in [1.54, 1.807) is 41.5 Å². The van der Waals surface area contributed by atoms with Crippen molar-refractivity contribution >= 4 is 17.7 Å².